The van der Waals surface area contributed by atoms with Gasteiger partial charge in [-0.05, 0) is 24.1 Å². The fraction of sp³-hybridized carbons (Fsp3) is 0.250. The molecule has 0 aliphatic carbocycles. The summed E-state index contributed by atoms with van der Waals surface area (Å²) in [6.07, 6.45) is 0. The van der Waals surface area contributed by atoms with Crippen molar-refractivity contribution in [3.8, 4) is 0 Å². The standard InChI is InChI=1S/C16H17N/c1-16(13-8-4-3-5-9-13)12-17(2)15-11-7-6-10-14(15)16/h3-11H,12H2,1-2H3. The first kappa shape index (κ1) is 10.4. The van der Waals surface area contributed by atoms with Crippen LogP contribution >= 0.6 is 0 Å². The van der Waals surface area contributed by atoms with Crippen LogP contribution in [0.3, 0.4) is 0 Å². The highest BCUT2D eigenvalue weighted by Gasteiger charge is 2.38. The van der Waals surface area contributed by atoms with Crippen LogP contribution in [0.2, 0.25) is 0 Å². The zero-order valence-electron chi connectivity index (χ0n) is 10.4. The van der Waals surface area contributed by atoms with Crippen LogP contribution in [-0.2, 0) is 5.41 Å². The van der Waals surface area contributed by atoms with E-state index in [4.69, 9.17) is 0 Å². The summed E-state index contributed by atoms with van der Waals surface area (Å²) in [7, 11) is 2.17. The maximum atomic E-state index is 2.35. The van der Waals surface area contributed by atoms with Gasteiger partial charge < -0.3 is 4.90 Å². The Balaban J connectivity index is 2.18. The van der Waals surface area contributed by atoms with Gasteiger partial charge in [-0.1, -0.05) is 48.5 Å². The van der Waals surface area contributed by atoms with E-state index in [2.05, 4.69) is 73.5 Å². The van der Waals surface area contributed by atoms with Gasteiger partial charge in [0.2, 0.25) is 0 Å². The number of para-hydroxylation sites is 1. The average Bonchev–Trinajstić information content (AvgIpc) is 2.65. The molecule has 3 rings (SSSR count). The van der Waals surface area contributed by atoms with Gasteiger partial charge in [0.15, 0.2) is 0 Å². The van der Waals surface area contributed by atoms with Crippen molar-refractivity contribution in [1.82, 2.24) is 0 Å². The van der Waals surface area contributed by atoms with Crippen molar-refractivity contribution in [2.75, 3.05) is 18.5 Å². The van der Waals surface area contributed by atoms with E-state index >= 15 is 0 Å². The molecule has 1 atom stereocenters. The fourth-order valence-electron chi connectivity index (χ4n) is 2.97. The number of hydrogen-bond acceptors (Lipinski definition) is 1. The van der Waals surface area contributed by atoms with Crippen molar-refractivity contribution in [3.63, 3.8) is 0 Å². The minimum absolute atomic E-state index is 0.118. The zero-order valence-corrected chi connectivity index (χ0v) is 10.4. The molecule has 0 aromatic heterocycles. The Morgan fingerprint density at radius 1 is 0.941 bits per heavy atom. The van der Waals surface area contributed by atoms with Crippen LogP contribution in [0.4, 0.5) is 5.69 Å². The molecule has 0 saturated carbocycles. The Morgan fingerprint density at radius 2 is 1.59 bits per heavy atom. The fourth-order valence-corrected chi connectivity index (χ4v) is 2.97. The molecule has 1 nitrogen and oxygen atoms in total. The predicted molar refractivity (Wildman–Crippen MR) is 72.6 cm³/mol. The van der Waals surface area contributed by atoms with Crippen LogP contribution < -0.4 is 4.90 Å². The van der Waals surface area contributed by atoms with Crippen molar-refractivity contribution in [2.24, 2.45) is 0 Å². The quantitative estimate of drug-likeness (QED) is 0.716. The summed E-state index contributed by atoms with van der Waals surface area (Å²) in [5.74, 6) is 0. The Hall–Kier alpha value is -1.76. The second-order valence-electron chi connectivity index (χ2n) is 5.07. The van der Waals surface area contributed by atoms with Gasteiger partial charge in [0.05, 0.1) is 0 Å². The molecule has 1 heteroatoms. The summed E-state index contributed by atoms with van der Waals surface area (Å²) in [6, 6.07) is 19.5. The molecule has 0 bridgehead atoms. The van der Waals surface area contributed by atoms with E-state index in [-0.39, 0.29) is 5.41 Å². The molecule has 1 aliphatic heterocycles. The molecule has 0 saturated heterocycles. The van der Waals surface area contributed by atoms with Crippen LogP contribution in [0, 0.1) is 0 Å². The van der Waals surface area contributed by atoms with Crippen molar-refractivity contribution in [3.05, 3.63) is 65.7 Å². The summed E-state index contributed by atoms with van der Waals surface area (Å²) in [6.45, 7) is 3.39. The van der Waals surface area contributed by atoms with Gasteiger partial charge in [-0.25, -0.2) is 0 Å². The van der Waals surface area contributed by atoms with Gasteiger partial charge in [0.1, 0.15) is 0 Å². The number of nitrogens with zero attached hydrogens (tertiary/aromatic N) is 1. The highest BCUT2D eigenvalue weighted by atomic mass is 15.1. The van der Waals surface area contributed by atoms with E-state index in [1.54, 1.807) is 0 Å². The van der Waals surface area contributed by atoms with Crippen LogP contribution in [0.5, 0.6) is 0 Å². The third kappa shape index (κ3) is 1.46. The lowest BCUT2D eigenvalue weighted by Gasteiger charge is -2.25. The number of likely N-dealkylation sites (N-methyl/N-ethyl adjacent to an activating group) is 1. The molecule has 0 amide bonds. The monoisotopic (exact) mass is 223 g/mol. The first-order valence-corrected chi connectivity index (χ1v) is 6.08. The first-order chi connectivity index (χ1) is 8.22. The van der Waals surface area contributed by atoms with Crippen LogP contribution in [0.15, 0.2) is 54.6 Å². The van der Waals surface area contributed by atoms with Crippen molar-refractivity contribution in [1.29, 1.82) is 0 Å². The number of rotatable bonds is 1. The lowest BCUT2D eigenvalue weighted by Crippen LogP contribution is -2.29. The minimum atomic E-state index is 0.118. The van der Waals surface area contributed by atoms with Crippen molar-refractivity contribution >= 4 is 5.69 Å². The molecule has 0 radical (unpaired) electrons. The first-order valence-electron chi connectivity index (χ1n) is 6.08. The maximum absolute atomic E-state index is 2.35. The molecule has 86 valence electrons. The normalized spacial score (nSPS) is 22.6. The van der Waals surface area contributed by atoms with Gasteiger partial charge in [-0.15, -0.1) is 0 Å². The lowest BCUT2D eigenvalue weighted by molar-refractivity contribution is 0.609. The summed E-state index contributed by atoms with van der Waals surface area (Å²) in [5.41, 5.74) is 4.32. The molecule has 2 aromatic carbocycles. The maximum Gasteiger partial charge on any atom is 0.0406 e. The second kappa shape index (κ2) is 3.63. The summed E-state index contributed by atoms with van der Waals surface area (Å²) in [4.78, 5) is 2.35. The zero-order chi connectivity index (χ0) is 11.9. The summed E-state index contributed by atoms with van der Waals surface area (Å²) >= 11 is 0. The number of benzene rings is 2. The molecular weight excluding hydrogens is 206 g/mol. The number of fused-ring (bicyclic) bond motifs is 1. The Labute approximate surface area is 103 Å². The van der Waals surface area contributed by atoms with Gasteiger partial charge in [-0.3, -0.25) is 0 Å². The van der Waals surface area contributed by atoms with Crippen molar-refractivity contribution in [2.45, 2.75) is 12.3 Å². The van der Waals surface area contributed by atoms with E-state index in [1.807, 2.05) is 0 Å². The molecule has 1 aliphatic rings. The van der Waals surface area contributed by atoms with Gasteiger partial charge in [0, 0.05) is 24.7 Å². The molecule has 1 unspecified atom stereocenters. The highest BCUT2D eigenvalue weighted by molar-refractivity contribution is 5.65. The smallest absolute Gasteiger partial charge is 0.0406 e. The Bertz CT molecular complexity index is 532. The molecule has 17 heavy (non-hydrogen) atoms. The minimum Gasteiger partial charge on any atom is -0.373 e. The van der Waals surface area contributed by atoms with Gasteiger partial charge in [0.25, 0.3) is 0 Å². The highest BCUT2D eigenvalue weighted by Crippen LogP contribution is 2.43. The predicted octanol–water partition coefficient (Wildman–Crippen LogP) is 3.44. The number of hydrogen-bond donors (Lipinski definition) is 0. The van der Waals surface area contributed by atoms with Gasteiger partial charge >= 0.3 is 0 Å². The third-order valence-corrected chi connectivity index (χ3v) is 3.87. The average molecular weight is 223 g/mol. The van der Waals surface area contributed by atoms with E-state index in [1.165, 1.54) is 16.8 Å². The van der Waals surface area contributed by atoms with E-state index in [0.717, 1.165) is 6.54 Å². The number of anilines is 1. The van der Waals surface area contributed by atoms with E-state index in [9.17, 15) is 0 Å². The SMILES string of the molecule is CN1CC(C)(c2ccccc2)c2ccccc21. The lowest BCUT2D eigenvalue weighted by atomic mass is 9.78. The Kier molecular flexibility index (Phi) is 2.22. The summed E-state index contributed by atoms with van der Waals surface area (Å²) in [5, 5.41) is 0. The van der Waals surface area contributed by atoms with Crippen LogP contribution in [-0.4, -0.2) is 13.6 Å². The van der Waals surface area contributed by atoms with Crippen LogP contribution in [0.1, 0.15) is 18.1 Å². The molecule has 1 heterocycles. The molecule has 0 N–H and O–H groups in total. The molecule has 2 aromatic rings. The van der Waals surface area contributed by atoms with E-state index < -0.39 is 0 Å². The Morgan fingerprint density at radius 3 is 2.35 bits per heavy atom. The van der Waals surface area contributed by atoms with Crippen LogP contribution in [0.25, 0.3) is 0 Å². The second-order valence-corrected chi connectivity index (χ2v) is 5.07. The topological polar surface area (TPSA) is 3.24 Å². The molecular formula is C16H17N. The largest absolute Gasteiger partial charge is 0.373 e. The van der Waals surface area contributed by atoms with Gasteiger partial charge in [-0.2, -0.15) is 0 Å². The molecule has 0 spiro atoms. The van der Waals surface area contributed by atoms with Crippen molar-refractivity contribution < 1.29 is 0 Å². The third-order valence-electron chi connectivity index (χ3n) is 3.87. The summed E-state index contributed by atoms with van der Waals surface area (Å²) < 4.78 is 0. The molecule has 0 fully saturated rings. The van der Waals surface area contributed by atoms with E-state index in [0.29, 0.717) is 0 Å².